The molecule has 0 saturated carbocycles. The molecule has 0 atom stereocenters. The van der Waals surface area contributed by atoms with Crippen LogP contribution in [0.3, 0.4) is 0 Å². The molecule has 0 bridgehead atoms. The number of hydrogen-bond acceptors (Lipinski definition) is 7. The van der Waals surface area contributed by atoms with E-state index in [-0.39, 0.29) is 59.1 Å². The molecule has 15 heteroatoms. The third-order valence-electron chi connectivity index (χ3n) is 2.76. The summed E-state index contributed by atoms with van der Waals surface area (Å²) in [6.45, 7) is 0. The van der Waals surface area contributed by atoms with E-state index in [1.807, 2.05) is 0 Å². The van der Waals surface area contributed by atoms with E-state index in [0.717, 1.165) is 12.1 Å². The second-order valence-corrected chi connectivity index (χ2v) is 7.04. The Balaban J connectivity index is 0.00000338. The minimum atomic E-state index is -5.92. The van der Waals surface area contributed by atoms with E-state index in [4.69, 9.17) is 0 Å². The topological polar surface area (TPSA) is 124 Å². The third-order valence-corrected chi connectivity index (χ3v) is 4.50. The fourth-order valence-electron chi connectivity index (χ4n) is 1.76. The van der Waals surface area contributed by atoms with Gasteiger partial charge in [0.2, 0.25) is 11.6 Å². The Hall–Kier alpha value is -0.220. The predicted molar refractivity (Wildman–Crippen MR) is 68.7 cm³/mol. The molecule has 0 aliphatic heterocycles. The van der Waals surface area contributed by atoms with Crippen LogP contribution < -0.4 is 63.9 Å². The van der Waals surface area contributed by atoms with Gasteiger partial charge in [-0.25, -0.2) is 30.0 Å². The van der Waals surface area contributed by atoms with Crippen molar-refractivity contribution in [2.24, 2.45) is 0 Å². The van der Waals surface area contributed by atoms with E-state index >= 15 is 0 Å². The summed E-state index contributed by atoms with van der Waals surface area (Å²) < 4.78 is 125. The summed E-state index contributed by atoms with van der Waals surface area (Å²) in [4.78, 5) is -3.37. The van der Waals surface area contributed by atoms with Crippen molar-refractivity contribution in [1.29, 1.82) is 0 Å². The molecule has 0 heterocycles. The molecule has 0 aliphatic rings. The molecule has 0 spiro atoms. The number of rotatable bonds is 4. The molecule has 2 rings (SSSR count). The van der Waals surface area contributed by atoms with Crippen LogP contribution in [0.15, 0.2) is 34.1 Å². The summed E-state index contributed by atoms with van der Waals surface area (Å²) in [5.74, 6) is -13.0. The zero-order valence-electron chi connectivity index (χ0n) is 13.5. The zero-order valence-corrected chi connectivity index (χ0v) is 19.1. The van der Waals surface area contributed by atoms with Crippen molar-refractivity contribution in [2.75, 3.05) is 0 Å². The van der Waals surface area contributed by atoms with Crippen LogP contribution in [-0.4, -0.2) is 25.9 Å². The SMILES string of the molecule is O=S(=O)([O-])c1ccccc1Oc1c(F)c(F)c(F)c(F)c1S(=O)(=O)[O-].[Na+].[Na+]. The molecule has 2 aromatic carbocycles. The van der Waals surface area contributed by atoms with Crippen molar-refractivity contribution in [2.45, 2.75) is 9.79 Å². The average Bonchev–Trinajstić information content (AvgIpc) is 2.48. The Labute approximate surface area is 194 Å². The minimum Gasteiger partial charge on any atom is -0.744 e. The number of hydrogen-bond donors (Lipinski definition) is 0. The van der Waals surface area contributed by atoms with Gasteiger partial charge < -0.3 is 13.8 Å². The van der Waals surface area contributed by atoms with Gasteiger partial charge in [-0.15, -0.1) is 0 Å². The van der Waals surface area contributed by atoms with Crippen molar-refractivity contribution in [3.8, 4) is 11.5 Å². The Morgan fingerprint density at radius 3 is 1.70 bits per heavy atom. The van der Waals surface area contributed by atoms with Crippen LogP contribution in [0.4, 0.5) is 17.6 Å². The Morgan fingerprint density at radius 2 is 1.22 bits per heavy atom. The number of halogens is 4. The van der Waals surface area contributed by atoms with E-state index in [2.05, 4.69) is 4.74 Å². The van der Waals surface area contributed by atoms with E-state index < -0.39 is 64.8 Å². The number of ether oxygens (including phenoxy) is 1. The molecule has 0 N–H and O–H groups in total. The first kappa shape index (κ1) is 26.8. The van der Waals surface area contributed by atoms with Crippen LogP contribution >= 0.6 is 0 Å². The van der Waals surface area contributed by atoms with Crippen LogP contribution in [0.1, 0.15) is 0 Å². The molecule has 0 saturated heterocycles. The molecule has 136 valence electrons. The third kappa shape index (κ3) is 5.65. The smallest absolute Gasteiger partial charge is 0.744 e. The molecule has 27 heavy (non-hydrogen) atoms. The van der Waals surface area contributed by atoms with Gasteiger partial charge in [0.25, 0.3) is 0 Å². The summed E-state index contributed by atoms with van der Waals surface area (Å²) in [6.07, 6.45) is 0. The maximum atomic E-state index is 13.8. The molecule has 0 fully saturated rings. The van der Waals surface area contributed by atoms with Crippen LogP contribution in [0.2, 0.25) is 0 Å². The molecular formula is C12H4F4Na2O7S2. The molecule has 0 aliphatic carbocycles. The second-order valence-electron chi connectivity index (χ2n) is 4.37. The van der Waals surface area contributed by atoms with Gasteiger partial charge in [0.1, 0.15) is 30.9 Å². The van der Waals surface area contributed by atoms with Gasteiger partial charge in [0, 0.05) is 0 Å². The summed E-state index contributed by atoms with van der Waals surface area (Å²) in [6, 6.07) is 3.45. The average molecular weight is 446 g/mol. The molecule has 0 aromatic heterocycles. The van der Waals surface area contributed by atoms with E-state index in [1.165, 1.54) is 0 Å². The summed E-state index contributed by atoms with van der Waals surface area (Å²) in [5, 5.41) is 0. The molecule has 0 amide bonds. The van der Waals surface area contributed by atoms with Gasteiger partial charge in [-0.1, -0.05) is 12.1 Å². The fraction of sp³-hybridized carbons (Fsp3) is 0. The Bertz CT molecular complexity index is 1080. The minimum absolute atomic E-state index is 0. The monoisotopic (exact) mass is 446 g/mol. The van der Waals surface area contributed by atoms with Crippen molar-refractivity contribution in [3.63, 3.8) is 0 Å². The number of benzene rings is 2. The van der Waals surface area contributed by atoms with Gasteiger partial charge >= 0.3 is 59.1 Å². The van der Waals surface area contributed by atoms with Gasteiger partial charge in [-0.3, -0.25) is 0 Å². The zero-order chi connectivity index (χ0) is 19.2. The van der Waals surface area contributed by atoms with Gasteiger partial charge in [-0.2, -0.15) is 4.39 Å². The van der Waals surface area contributed by atoms with Crippen molar-refractivity contribution >= 4 is 20.2 Å². The number of para-hydroxylation sites is 1. The van der Waals surface area contributed by atoms with Gasteiger partial charge in [-0.05, 0) is 12.1 Å². The maximum Gasteiger partial charge on any atom is 1.00 e. The molecule has 0 unspecified atom stereocenters. The van der Waals surface area contributed by atoms with Crippen molar-refractivity contribution in [3.05, 3.63) is 47.5 Å². The molecule has 0 radical (unpaired) electrons. The van der Waals surface area contributed by atoms with Crippen LogP contribution in [0.25, 0.3) is 0 Å². The maximum absolute atomic E-state index is 13.8. The summed E-state index contributed by atoms with van der Waals surface area (Å²) >= 11 is 0. The van der Waals surface area contributed by atoms with Gasteiger partial charge in [0.05, 0.1) is 4.90 Å². The molecular weight excluding hydrogens is 442 g/mol. The van der Waals surface area contributed by atoms with E-state index in [0.29, 0.717) is 12.1 Å². The molecule has 2 aromatic rings. The van der Waals surface area contributed by atoms with Crippen LogP contribution in [0, 0.1) is 23.3 Å². The molecule has 7 nitrogen and oxygen atoms in total. The second kappa shape index (κ2) is 9.52. The first-order valence-electron chi connectivity index (χ1n) is 5.90. The van der Waals surface area contributed by atoms with E-state index in [9.17, 15) is 43.5 Å². The largest absolute Gasteiger partial charge is 1.00 e. The first-order chi connectivity index (χ1) is 11.4. The Kier molecular flexibility index (Phi) is 9.44. The normalized spacial score (nSPS) is 11.3. The summed E-state index contributed by atoms with van der Waals surface area (Å²) in [5.41, 5.74) is 0. The predicted octanol–water partition coefficient (Wildman–Crippen LogP) is -4.15. The van der Waals surface area contributed by atoms with Crippen LogP contribution in [0.5, 0.6) is 11.5 Å². The first-order valence-corrected chi connectivity index (χ1v) is 8.72. The Morgan fingerprint density at radius 1 is 0.741 bits per heavy atom. The van der Waals surface area contributed by atoms with Crippen molar-refractivity contribution in [1.82, 2.24) is 0 Å². The van der Waals surface area contributed by atoms with Crippen molar-refractivity contribution < 1.29 is 107 Å². The fourth-order valence-corrected chi connectivity index (χ4v) is 3.03. The standard InChI is InChI=1S/C12H6F4O7S2.2Na/c13-7-8(14)10(16)12(25(20,21)22)11(9(7)15)23-5-3-1-2-4-6(5)24(17,18)19;;/h1-4H,(H,17,18,19)(H,20,21,22);;/q;2*+1/p-2. The quantitative estimate of drug-likeness (QED) is 0.154. The van der Waals surface area contributed by atoms with Crippen LogP contribution in [-0.2, 0) is 20.2 Å². The summed E-state index contributed by atoms with van der Waals surface area (Å²) in [7, 11) is -11.1. The van der Waals surface area contributed by atoms with E-state index in [1.54, 1.807) is 0 Å². The van der Waals surface area contributed by atoms with Gasteiger partial charge in [0.15, 0.2) is 17.4 Å².